The summed E-state index contributed by atoms with van der Waals surface area (Å²) in [6.07, 6.45) is -4.79. The van der Waals surface area contributed by atoms with Crippen molar-refractivity contribution in [3.63, 3.8) is 0 Å². The number of nitrogens with zero attached hydrogens (tertiary/aromatic N) is 2. The molecule has 168 valence electrons. The Morgan fingerprint density at radius 3 is 2.62 bits per heavy atom. The number of benzene rings is 2. The molecule has 0 fully saturated rings. The molecule has 0 radical (unpaired) electrons. The monoisotopic (exact) mass is 464 g/mol. The summed E-state index contributed by atoms with van der Waals surface area (Å²) in [5.41, 5.74) is 1.26. The fraction of sp³-hybridized carbons (Fsp3) is 0.273. The third-order valence-electron chi connectivity index (χ3n) is 5.34. The molecule has 6 nitrogen and oxygen atoms in total. The highest BCUT2D eigenvalue weighted by molar-refractivity contribution is 6.31. The van der Waals surface area contributed by atoms with E-state index in [0.717, 1.165) is 4.68 Å². The number of anilines is 1. The van der Waals surface area contributed by atoms with Crippen molar-refractivity contribution in [3.05, 3.63) is 76.4 Å². The van der Waals surface area contributed by atoms with Crippen LogP contribution in [0.15, 0.2) is 54.6 Å². The normalized spacial score (nSPS) is 17.9. The zero-order valence-electron chi connectivity index (χ0n) is 17.0. The van der Waals surface area contributed by atoms with Crippen LogP contribution in [0.2, 0.25) is 5.02 Å². The number of alkyl halides is 3. The van der Waals surface area contributed by atoms with E-state index in [2.05, 4.69) is 15.7 Å². The zero-order valence-corrected chi connectivity index (χ0v) is 17.7. The van der Waals surface area contributed by atoms with Crippen molar-refractivity contribution in [1.82, 2.24) is 15.1 Å². The van der Waals surface area contributed by atoms with Gasteiger partial charge in [0.15, 0.2) is 11.7 Å². The summed E-state index contributed by atoms with van der Waals surface area (Å²) in [6, 6.07) is 12.7. The smallest absolute Gasteiger partial charge is 0.410 e. The number of hydrogen-bond acceptors (Lipinski definition) is 4. The average molecular weight is 465 g/mol. The first kappa shape index (κ1) is 22.0. The fourth-order valence-corrected chi connectivity index (χ4v) is 3.85. The Hall–Kier alpha value is -3.20. The van der Waals surface area contributed by atoms with Crippen LogP contribution in [-0.4, -0.2) is 29.0 Å². The summed E-state index contributed by atoms with van der Waals surface area (Å²) in [5, 5.41) is 10.2. The Kier molecular flexibility index (Phi) is 6.01. The van der Waals surface area contributed by atoms with Gasteiger partial charge >= 0.3 is 6.18 Å². The van der Waals surface area contributed by atoms with Crippen LogP contribution in [0.4, 0.5) is 19.0 Å². The second-order valence-corrected chi connectivity index (χ2v) is 7.80. The molecule has 4 rings (SSSR count). The number of methoxy groups -OCH3 is 1. The molecule has 0 bridgehead atoms. The van der Waals surface area contributed by atoms with Gasteiger partial charge in [-0.15, -0.1) is 0 Å². The van der Waals surface area contributed by atoms with Gasteiger partial charge in [-0.25, -0.2) is 4.68 Å². The molecule has 0 aliphatic carbocycles. The second-order valence-electron chi connectivity index (χ2n) is 7.40. The Balaban J connectivity index is 1.57. The lowest BCUT2D eigenvalue weighted by atomic mass is 9.97. The van der Waals surface area contributed by atoms with Gasteiger partial charge in [0.05, 0.1) is 13.2 Å². The molecule has 1 aromatic heterocycles. The van der Waals surface area contributed by atoms with Crippen molar-refractivity contribution in [3.8, 4) is 5.75 Å². The van der Waals surface area contributed by atoms with E-state index >= 15 is 0 Å². The predicted octanol–water partition coefficient (Wildman–Crippen LogP) is 5.14. The van der Waals surface area contributed by atoms with Crippen molar-refractivity contribution in [2.45, 2.75) is 31.2 Å². The van der Waals surface area contributed by atoms with Gasteiger partial charge < -0.3 is 15.4 Å². The first-order valence-electron chi connectivity index (χ1n) is 9.84. The minimum absolute atomic E-state index is 0.107. The molecule has 2 N–H and O–H groups in total. The fourth-order valence-electron chi connectivity index (χ4n) is 3.65. The predicted molar refractivity (Wildman–Crippen MR) is 114 cm³/mol. The first-order chi connectivity index (χ1) is 15.3. The van der Waals surface area contributed by atoms with Gasteiger partial charge in [0.25, 0.3) is 5.91 Å². The number of halogens is 4. The van der Waals surface area contributed by atoms with Crippen LogP contribution in [-0.2, 0) is 6.54 Å². The molecule has 1 aliphatic heterocycles. The summed E-state index contributed by atoms with van der Waals surface area (Å²) in [4.78, 5) is 12.6. The molecular weight excluding hydrogens is 445 g/mol. The van der Waals surface area contributed by atoms with Crippen LogP contribution in [0, 0.1) is 0 Å². The van der Waals surface area contributed by atoms with Gasteiger partial charge in [0.1, 0.15) is 11.6 Å². The summed E-state index contributed by atoms with van der Waals surface area (Å²) in [5.74, 6) is 0.150. The highest BCUT2D eigenvalue weighted by Crippen LogP contribution is 2.43. The van der Waals surface area contributed by atoms with E-state index < -0.39 is 24.2 Å². The molecule has 2 atom stereocenters. The van der Waals surface area contributed by atoms with Crippen LogP contribution in [0.25, 0.3) is 0 Å². The number of amides is 1. The molecule has 2 aromatic carbocycles. The van der Waals surface area contributed by atoms with E-state index in [1.54, 1.807) is 48.5 Å². The van der Waals surface area contributed by atoms with Gasteiger partial charge in [-0.3, -0.25) is 4.79 Å². The number of rotatable bonds is 5. The number of fused-ring (bicyclic) bond motifs is 1. The Morgan fingerprint density at radius 1 is 1.25 bits per heavy atom. The number of aromatic nitrogens is 2. The molecule has 3 aromatic rings. The third-order valence-corrected chi connectivity index (χ3v) is 5.71. The Labute approximate surface area is 187 Å². The van der Waals surface area contributed by atoms with Crippen LogP contribution >= 0.6 is 11.6 Å². The van der Waals surface area contributed by atoms with Gasteiger partial charge in [-0.1, -0.05) is 41.9 Å². The molecule has 0 saturated carbocycles. The van der Waals surface area contributed by atoms with Gasteiger partial charge in [-0.2, -0.15) is 18.3 Å². The Morgan fingerprint density at radius 2 is 1.97 bits per heavy atom. The van der Waals surface area contributed by atoms with Crippen molar-refractivity contribution < 1.29 is 22.7 Å². The molecule has 0 spiro atoms. The number of carbonyl (C=O) groups excluding carboxylic acids is 1. The largest absolute Gasteiger partial charge is 0.497 e. The van der Waals surface area contributed by atoms with Crippen molar-refractivity contribution >= 4 is 23.3 Å². The maximum Gasteiger partial charge on any atom is 0.410 e. The lowest BCUT2D eigenvalue weighted by Gasteiger charge is -2.33. The van der Waals surface area contributed by atoms with Crippen molar-refractivity contribution in [2.24, 2.45) is 0 Å². The van der Waals surface area contributed by atoms with Crippen molar-refractivity contribution in [1.29, 1.82) is 0 Å². The minimum Gasteiger partial charge on any atom is -0.497 e. The summed E-state index contributed by atoms with van der Waals surface area (Å²) < 4.78 is 47.4. The molecule has 1 amide bonds. The number of nitrogens with one attached hydrogen (secondary N) is 2. The van der Waals surface area contributed by atoms with Crippen LogP contribution < -0.4 is 15.4 Å². The number of ether oxygens (including phenoxy) is 1. The summed E-state index contributed by atoms with van der Waals surface area (Å²) in [7, 11) is 1.52. The highest BCUT2D eigenvalue weighted by atomic mass is 35.5. The third kappa shape index (κ3) is 4.52. The van der Waals surface area contributed by atoms with Crippen LogP contribution in [0.1, 0.15) is 40.1 Å². The molecular formula is C22H20ClF3N4O2. The van der Waals surface area contributed by atoms with Crippen LogP contribution in [0.5, 0.6) is 5.75 Å². The Bertz CT molecular complexity index is 1120. The van der Waals surface area contributed by atoms with E-state index in [-0.39, 0.29) is 24.5 Å². The first-order valence-corrected chi connectivity index (χ1v) is 10.2. The number of carbonyl (C=O) groups is 1. The van der Waals surface area contributed by atoms with E-state index in [0.29, 0.717) is 21.9 Å². The summed E-state index contributed by atoms with van der Waals surface area (Å²) in [6.45, 7) is 0.130. The molecule has 0 unspecified atom stereocenters. The average Bonchev–Trinajstić information content (AvgIpc) is 3.21. The second kappa shape index (κ2) is 8.74. The quantitative estimate of drug-likeness (QED) is 0.549. The van der Waals surface area contributed by atoms with E-state index in [4.69, 9.17) is 16.3 Å². The van der Waals surface area contributed by atoms with E-state index in [1.807, 2.05) is 0 Å². The highest BCUT2D eigenvalue weighted by Gasteiger charge is 2.46. The van der Waals surface area contributed by atoms with E-state index in [9.17, 15) is 18.0 Å². The molecule has 2 heterocycles. The topological polar surface area (TPSA) is 68.2 Å². The number of hydrogen-bond donors (Lipinski definition) is 2. The maximum atomic E-state index is 13.8. The lowest BCUT2D eigenvalue weighted by molar-refractivity contribution is -0.173. The molecule has 10 heteroatoms. The molecule has 0 saturated heterocycles. The van der Waals surface area contributed by atoms with Crippen molar-refractivity contribution in [2.75, 3.05) is 12.4 Å². The zero-order chi connectivity index (χ0) is 22.9. The SMILES string of the molecule is COc1ccc([C@H]2C[C@H](C(F)(F)F)n3nc(C(=O)NCc4ccccc4Cl)cc3N2)cc1. The van der Waals surface area contributed by atoms with E-state index in [1.165, 1.54) is 13.2 Å². The molecule has 1 aliphatic rings. The minimum atomic E-state index is -4.53. The lowest BCUT2D eigenvalue weighted by Crippen LogP contribution is -2.35. The standard InChI is InChI=1S/C22H20ClF3N4O2/c1-32-15-8-6-13(7-9-15)17-10-19(22(24,25)26)30-20(28-17)11-18(29-30)21(31)27-12-14-4-2-3-5-16(14)23/h2-9,11,17,19,28H,10,12H2,1H3,(H,27,31)/t17-,19-/m1/s1. The van der Waals surface area contributed by atoms with Gasteiger partial charge in [0, 0.05) is 24.1 Å². The van der Waals surface area contributed by atoms with Gasteiger partial charge in [-0.05, 0) is 29.3 Å². The molecule has 32 heavy (non-hydrogen) atoms. The maximum absolute atomic E-state index is 13.8. The van der Waals surface area contributed by atoms with Crippen LogP contribution in [0.3, 0.4) is 0 Å². The van der Waals surface area contributed by atoms with Gasteiger partial charge in [0.2, 0.25) is 0 Å². The summed E-state index contributed by atoms with van der Waals surface area (Å²) >= 11 is 6.08.